The number of hydrogen-bond acceptors (Lipinski definition) is 6. The quantitative estimate of drug-likeness (QED) is 0.327. The number of rotatable bonds is 9. The number of nitrogens with one attached hydrogen (secondary N) is 3. The summed E-state index contributed by atoms with van der Waals surface area (Å²) in [5.41, 5.74) is -0.981. The fourth-order valence-corrected chi connectivity index (χ4v) is 2.46. The number of halogens is 3. The van der Waals surface area contributed by atoms with Crippen molar-refractivity contribution in [1.82, 2.24) is 20.6 Å². The SMILES string of the molecule is CCNC(=NCCNc1nccc(C(F)(F)F)n1)NC(C)COC1CCOC1. The van der Waals surface area contributed by atoms with Crippen molar-refractivity contribution in [2.45, 2.75) is 38.6 Å². The first-order chi connectivity index (χ1) is 13.4. The van der Waals surface area contributed by atoms with Gasteiger partial charge in [0.25, 0.3) is 0 Å². The molecule has 1 aromatic rings. The predicted molar refractivity (Wildman–Crippen MR) is 99.3 cm³/mol. The van der Waals surface area contributed by atoms with E-state index in [2.05, 4.69) is 30.9 Å². The van der Waals surface area contributed by atoms with E-state index in [4.69, 9.17) is 9.47 Å². The van der Waals surface area contributed by atoms with Gasteiger partial charge in [0.05, 0.1) is 25.9 Å². The summed E-state index contributed by atoms with van der Waals surface area (Å²) in [5.74, 6) is 0.525. The lowest BCUT2D eigenvalue weighted by atomic mass is 10.3. The van der Waals surface area contributed by atoms with Gasteiger partial charge in [-0.15, -0.1) is 0 Å². The zero-order chi connectivity index (χ0) is 20.4. The Morgan fingerprint density at radius 1 is 1.46 bits per heavy atom. The Bertz CT molecular complexity index is 623. The largest absolute Gasteiger partial charge is 0.433 e. The highest BCUT2D eigenvalue weighted by molar-refractivity contribution is 5.80. The van der Waals surface area contributed by atoms with E-state index in [1.54, 1.807) is 0 Å². The molecule has 2 unspecified atom stereocenters. The minimum Gasteiger partial charge on any atom is -0.379 e. The molecule has 158 valence electrons. The number of anilines is 1. The fraction of sp³-hybridized carbons (Fsp3) is 0.706. The molecule has 0 aromatic carbocycles. The molecule has 0 radical (unpaired) electrons. The molecule has 0 bridgehead atoms. The van der Waals surface area contributed by atoms with E-state index in [0.717, 1.165) is 25.3 Å². The molecule has 0 spiro atoms. The first kappa shape index (κ1) is 22.2. The highest BCUT2D eigenvalue weighted by atomic mass is 19.4. The van der Waals surface area contributed by atoms with E-state index in [0.29, 0.717) is 38.8 Å². The summed E-state index contributed by atoms with van der Waals surface area (Å²) < 4.78 is 49.0. The summed E-state index contributed by atoms with van der Waals surface area (Å²) in [6.45, 7) is 7.12. The summed E-state index contributed by atoms with van der Waals surface area (Å²) in [7, 11) is 0. The molecule has 1 aliphatic heterocycles. The van der Waals surface area contributed by atoms with Gasteiger partial charge in [0, 0.05) is 31.9 Å². The van der Waals surface area contributed by atoms with E-state index in [1.165, 1.54) is 0 Å². The Hall–Kier alpha value is -2.14. The van der Waals surface area contributed by atoms with Crippen LogP contribution < -0.4 is 16.0 Å². The molecular weight excluding hydrogens is 377 g/mol. The monoisotopic (exact) mass is 404 g/mol. The van der Waals surface area contributed by atoms with E-state index in [-0.39, 0.29) is 18.1 Å². The van der Waals surface area contributed by atoms with Crippen molar-refractivity contribution in [1.29, 1.82) is 0 Å². The number of alkyl halides is 3. The van der Waals surface area contributed by atoms with E-state index in [1.807, 2.05) is 13.8 Å². The van der Waals surface area contributed by atoms with E-state index >= 15 is 0 Å². The number of nitrogens with zero attached hydrogens (tertiary/aromatic N) is 3. The molecule has 3 N–H and O–H groups in total. The zero-order valence-corrected chi connectivity index (χ0v) is 16.1. The average molecular weight is 404 g/mol. The van der Waals surface area contributed by atoms with Crippen molar-refractivity contribution >= 4 is 11.9 Å². The molecule has 2 rings (SSSR count). The maximum Gasteiger partial charge on any atom is 0.433 e. The van der Waals surface area contributed by atoms with Gasteiger partial charge in [-0.3, -0.25) is 4.99 Å². The summed E-state index contributed by atoms with van der Waals surface area (Å²) in [4.78, 5) is 11.6. The number of ether oxygens (including phenoxy) is 2. The number of aromatic nitrogens is 2. The maximum absolute atomic E-state index is 12.7. The normalized spacial score (nSPS) is 18.8. The molecule has 11 heteroatoms. The molecule has 1 aliphatic rings. The van der Waals surface area contributed by atoms with Gasteiger partial charge in [-0.1, -0.05) is 0 Å². The molecule has 1 fully saturated rings. The lowest BCUT2D eigenvalue weighted by Crippen LogP contribution is -2.44. The van der Waals surface area contributed by atoms with Crippen molar-refractivity contribution in [3.63, 3.8) is 0 Å². The van der Waals surface area contributed by atoms with Crippen molar-refractivity contribution in [2.24, 2.45) is 4.99 Å². The van der Waals surface area contributed by atoms with Crippen molar-refractivity contribution in [3.8, 4) is 0 Å². The summed E-state index contributed by atoms with van der Waals surface area (Å²) in [5, 5.41) is 9.10. The maximum atomic E-state index is 12.7. The Labute approximate surface area is 162 Å². The summed E-state index contributed by atoms with van der Waals surface area (Å²) in [6.07, 6.45) is -2.38. The van der Waals surface area contributed by atoms with Gasteiger partial charge in [-0.25, -0.2) is 9.97 Å². The second-order valence-corrected chi connectivity index (χ2v) is 6.31. The van der Waals surface area contributed by atoms with Gasteiger partial charge >= 0.3 is 6.18 Å². The third-order valence-corrected chi connectivity index (χ3v) is 3.81. The molecule has 0 amide bonds. The van der Waals surface area contributed by atoms with Crippen LogP contribution >= 0.6 is 0 Å². The molecule has 2 heterocycles. The Morgan fingerprint density at radius 3 is 2.96 bits per heavy atom. The van der Waals surface area contributed by atoms with Crippen LogP contribution in [-0.2, 0) is 15.7 Å². The van der Waals surface area contributed by atoms with Gasteiger partial charge in [0.15, 0.2) is 5.96 Å². The van der Waals surface area contributed by atoms with E-state index in [9.17, 15) is 13.2 Å². The molecule has 1 saturated heterocycles. The van der Waals surface area contributed by atoms with Crippen LogP contribution in [0.4, 0.5) is 19.1 Å². The minimum absolute atomic E-state index is 0.0400. The van der Waals surface area contributed by atoms with Crippen LogP contribution in [0, 0.1) is 0 Å². The van der Waals surface area contributed by atoms with Gasteiger partial charge < -0.3 is 25.4 Å². The number of hydrogen-bond donors (Lipinski definition) is 3. The van der Waals surface area contributed by atoms with Crippen LogP contribution in [0.15, 0.2) is 17.3 Å². The number of guanidine groups is 1. The third-order valence-electron chi connectivity index (χ3n) is 3.81. The molecule has 2 atom stereocenters. The highest BCUT2D eigenvalue weighted by Gasteiger charge is 2.32. The topological polar surface area (TPSA) is 92.7 Å². The molecule has 28 heavy (non-hydrogen) atoms. The molecule has 0 aliphatic carbocycles. The van der Waals surface area contributed by atoms with Crippen molar-refractivity contribution in [2.75, 3.05) is 44.8 Å². The van der Waals surface area contributed by atoms with Crippen LogP contribution in [0.1, 0.15) is 26.0 Å². The smallest absolute Gasteiger partial charge is 0.379 e. The van der Waals surface area contributed by atoms with Crippen LogP contribution in [0.5, 0.6) is 0 Å². The van der Waals surface area contributed by atoms with Gasteiger partial charge in [0.1, 0.15) is 5.69 Å². The summed E-state index contributed by atoms with van der Waals surface area (Å²) in [6, 6.07) is 0.871. The Morgan fingerprint density at radius 2 is 2.29 bits per heavy atom. The van der Waals surface area contributed by atoms with Gasteiger partial charge in [0.2, 0.25) is 5.95 Å². The average Bonchev–Trinajstić information content (AvgIpc) is 3.17. The first-order valence-corrected chi connectivity index (χ1v) is 9.26. The molecule has 1 aromatic heterocycles. The second-order valence-electron chi connectivity index (χ2n) is 6.31. The number of aliphatic imine (C=N–C) groups is 1. The van der Waals surface area contributed by atoms with Crippen LogP contribution in [0.2, 0.25) is 0 Å². The highest BCUT2D eigenvalue weighted by Crippen LogP contribution is 2.27. The van der Waals surface area contributed by atoms with Crippen LogP contribution in [-0.4, -0.2) is 67.5 Å². The van der Waals surface area contributed by atoms with Crippen molar-refractivity contribution in [3.05, 3.63) is 18.0 Å². The second kappa shape index (κ2) is 11.0. The minimum atomic E-state index is -4.50. The Balaban J connectivity index is 1.77. The lowest BCUT2D eigenvalue weighted by Gasteiger charge is -2.19. The fourth-order valence-electron chi connectivity index (χ4n) is 2.46. The predicted octanol–water partition coefficient (Wildman–Crippen LogP) is 1.66. The Kier molecular flexibility index (Phi) is 8.71. The first-order valence-electron chi connectivity index (χ1n) is 9.26. The van der Waals surface area contributed by atoms with Gasteiger partial charge in [-0.2, -0.15) is 13.2 Å². The van der Waals surface area contributed by atoms with Crippen molar-refractivity contribution < 1.29 is 22.6 Å². The summed E-state index contributed by atoms with van der Waals surface area (Å²) >= 11 is 0. The zero-order valence-electron chi connectivity index (χ0n) is 16.1. The van der Waals surface area contributed by atoms with E-state index < -0.39 is 11.9 Å². The molecular formula is C17H27F3N6O2. The molecule has 0 saturated carbocycles. The standard InChI is InChI=1S/C17H27F3N6O2/c1-3-21-15(25-12(2)10-28-13-5-9-27-11-13)23-7-8-24-16-22-6-4-14(26-16)17(18,19)20/h4,6,12-13H,3,5,7-11H2,1-2H3,(H2,21,23,25)(H,22,24,26). The third kappa shape index (κ3) is 7.85. The van der Waals surface area contributed by atoms with Crippen LogP contribution in [0.25, 0.3) is 0 Å². The van der Waals surface area contributed by atoms with Gasteiger partial charge in [-0.05, 0) is 26.3 Å². The van der Waals surface area contributed by atoms with Crippen LogP contribution in [0.3, 0.4) is 0 Å². The molecule has 8 nitrogen and oxygen atoms in total. The lowest BCUT2D eigenvalue weighted by molar-refractivity contribution is -0.141.